The molecule has 0 spiro atoms. The van der Waals surface area contributed by atoms with Crippen LogP contribution in [0.3, 0.4) is 0 Å². The van der Waals surface area contributed by atoms with Crippen LogP contribution in [0.15, 0.2) is 72.8 Å². The summed E-state index contributed by atoms with van der Waals surface area (Å²) in [5.41, 5.74) is 3.12. The van der Waals surface area contributed by atoms with E-state index in [1.807, 2.05) is 27.7 Å². The van der Waals surface area contributed by atoms with Crippen LogP contribution in [0.1, 0.15) is 136 Å². The van der Waals surface area contributed by atoms with Crippen molar-refractivity contribution in [2.45, 2.75) is 117 Å². The molecule has 0 radical (unpaired) electrons. The molecule has 0 bridgehead atoms. The number of hydrogen-bond donors (Lipinski definition) is 2. The molecule has 0 aliphatic carbocycles. The fraction of sp³-hybridized carbons (Fsp3) is 0.333. The van der Waals surface area contributed by atoms with E-state index in [-0.39, 0.29) is 46.3 Å². The minimum atomic E-state index is -1.39. The van der Waals surface area contributed by atoms with Gasteiger partial charge in [0.2, 0.25) is 0 Å². The van der Waals surface area contributed by atoms with Crippen LogP contribution in [0.25, 0.3) is 0 Å². The third-order valence-electron chi connectivity index (χ3n) is 10.5. The van der Waals surface area contributed by atoms with Crippen LogP contribution in [0.2, 0.25) is 0 Å². The summed E-state index contributed by atoms with van der Waals surface area (Å²) in [6.07, 6.45) is 9.62. The van der Waals surface area contributed by atoms with Gasteiger partial charge in [-0.05, 0) is 111 Å². The third-order valence-corrected chi connectivity index (χ3v) is 10.5. The lowest BCUT2D eigenvalue weighted by Gasteiger charge is -2.43. The van der Waals surface area contributed by atoms with E-state index in [0.717, 1.165) is 37.8 Å². The van der Waals surface area contributed by atoms with Crippen LogP contribution in [-0.2, 0) is 61.8 Å². The van der Waals surface area contributed by atoms with Crippen LogP contribution < -0.4 is 14.2 Å². The summed E-state index contributed by atoms with van der Waals surface area (Å²) in [7, 11) is 0. The first-order valence-electron chi connectivity index (χ1n) is 21.8. The predicted molar refractivity (Wildman–Crippen MR) is 254 cm³/mol. The number of carboxylic acids is 1. The molecule has 71 heavy (non-hydrogen) atoms. The van der Waals surface area contributed by atoms with Crippen molar-refractivity contribution in [3.63, 3.8) is 0 Å². The molecule has 0 saturated carbocycles. The van der Waals surface area contributed by atoms with Crippen LogP contribution in [0.4, 0.5) is 9.59 Å². The largest absolute Gasteiger partial charge is 0.524 e. The quantitative estimate of drug-likeness (QED) is 0.0760. The van der Waals surface area contributed by atoms with Gasteiger partial charge in [0.1, 0.15) is 34.2 Å². The number of esters is 5. The number of phenolic OH excluding ortho intramolecular Hbond substituents is 1. The van der Waals surface area contributed by atoms with E-state index in [9.17, 15) is 38.4 Å². The molecule has 0 aromatic heterocycles. The molecular formula is C54H54O17. The Balaban J connectivity index is 0.000000256. The first kappa shape index (κ1) is 55.2. The van der Waals surface area contributed by atoms with Crippen molar-refractivity contribution in [3.05, 3.63) is 117 Å². The third kappa shape index (κ3) is 15.8. The topological polar surface area (TPSA) is 242 Å². The van der Waals surface area contributed by atoms with Gasteiger partial charge >= 0.3 is 48.1 Å². The average molecular weight is 975 g/mol. The molecule has 17 heteroatoms. The number of carbonyl (C=O) groups is 8. The zero-order chi connectivity index (χ0) is 53.2. The summed E-state index contributed by atoms with van der Waals surface area (Å²) in [6.45, 7) is 18.4. The van der Waals surface area contributed by atoms with E-state index in [0.29, 0.717) is 39.3 Å². The van der Waals surface area contributed by atoms with Crippen molar-refractivity contribution in [3.8, 4) is 47.7 Å². The standard InChI is InChI=1S/C27H26O8.C16H18O3.C11H10O6/c1-7-18-13-19(14-21-23(18)35-27(5,6)15-26(21,3)4)24(30)33-20-10-8-17(9-11-20)12-22(29)34-25(31)32-16(2)28;1-6-10-7-11(14(17)18)8-12-13(10)19-16(4,5)9-15(12,2)3;1-7(12)16-11(15)17-10(14)6-8-2-4-9(13)5-3-8/h1,8-11,13-14H,12,15H2,2-6H3;1,7-8H,9H2,2-5H3,(H,17,18);2-5,13H,6H2,1H3. The van der Waals surface area contributed by atoms with E-state index in [1.165, 1.54) is 42.5 Å². The van der Waals surface area contributed by atoms with Gasteiger partial charge in [0, 0.05) is 25.0 Å². The molecule has 2 aliphatic rings. The Kier molecular flexibility index (Phi) is 17.3. The molecule has 2 N–H and O–H groups in total. The summed E-state index contributed by atoms with van der Waals surface area (Å²) in [5.74, 6) is 1.67. The first-order valence-corrected chi connectivity index (χ1v) is 21.8. The normalized spacial score (nSPS) is 14.7. The Labute approximate surface area is 410 Å². The van der Waals surface area contributed by atoms with E-state index < -0.39 is 53.7 Å². The number of hydrogen-bond acceptors (Lipinski definition) is 16. The van der Waals surface area contributed by atoms with Crippen molar-refractivity contribution in [1.29, 1.82) is 0 Å². The number of aromatic hydroxyl groups is 1. The Morgan fingerprint density at radius 3 is 1.34 bits per heavy atom. The van der Waals surface area contributed by atoms with Gasteiger partial charge in [-0.15, -0.1) is 12.8 Å². The SMILES string of the molecule is C#Cc1cc(C(=O)O)cc2c1OC(C)(C)CC2(C)C.C#Cc1cc(C(=O)Oc2ccc(CC(=O)OC(=O)OC(C)=O)cc2)cc2c1OC(C)(C)CC2(C)C.CC(=O)OC(=O)OC(=O)Cc1ccc(O)cc1. The number of phenols is 1. The van der Waals surface area contributed by atoms with Crippen molar-refractivity contribution in [1.82, 2.24) is 0 Å². The highest BCUT2D eigenvalue weighted by Crippen LogP contribution is 2.48. The minimum Gasteiger partial charge on any atom is -0.508 e. The monoisotopic (exact) mass is 974 g/mol. The van der Waals surface area contributed by atoms with Crippen LogP contribution in [0.5, 0.6) is 23.0 Å². The fourth-order valence-electron chi connectivity index (χ4n) is 8.21. The second-order valence-corrected chi connectivity index (χ2v) is 18.9. The highest BCUT2D eigenvalue weighted by atomic mass is 16.8. The molecule has 0 fully saturated rings. The van der Waals surface area contributed by atoms with Gasteiger partial charge in [0.25, 0.3) is 0 Å². The molecular weight excluding hydrogens is 921 g/mol. The van der Waals surface area contributed by atoms with Crippen LogP contribution >= 0.6 is 0 Å². The summed E-state index contributed by atoms with van der Waals surface area (Å²) >= 11 is 0. The molecule has 0 saturated heterocycles. The molecule has 4 aromatic rings. The molecule has 372 valence electrons. The lowest BCUT2D eigenvalue weighted by atomic mass is 9.72. The maximum atomic E-state index is 12.9. The number of terminal acetylenes is 2. The van der Waals surface area contributed by atoms with Gasteiger partial charge in [-0.3, -0.25) is 19.2 Å². The smallest absolute Gasteiger partial charge is 0.508 e. The number of benzene rings is 4. The average Bonchev–Trinajstić information content (AvgIpc) is 3.23. The number of aromatic carboxylic acids is 1. The molecule has 2 aliphatic heterocycles. The van der Waals surface area contributed by atoms with E-state index in [4.69, 9.17) is 37.3 Å². The van der Waals surface area contributed by atoms with Crippen LogP contribution in [-0.4, -0.2) is 69.5 Å². The second-order valence-electron chi connectivity index (χ2n) is 18.9. The lowest BCUT2D eigenvalue weighted by molar-refractivity contribution is -0.146. The lowest BCUT2D eigenvalue weighted by Crippen LogP contribution is -2.41. The molecule has 4 aromatic carbocycles. The Hall–Kier alpha value is -8.44. The number of carbonyl (C=O) groups excluding carboxylic acids is 7. The number of ether oxygens (including phenoxy) is 7. The second kappa shape index (κ2) is 22.3. The molecule has 2 heterocycles. The molecule has 17 nitrogen and oxygen atoms in total. The highest BCUT2D eigenvalue weighted by molar-refractivity contribution is 5.93. The summed E-state index contributed by atoms with van der Waals surface area (Å²) in [5, 5.41) is 18.2. The Morgan fingerprint density at radius 2 is 0.958 bits per heavy atom. The molecule has 0 unspecified atom stereocenters. The zero-order valence-electron chi connectivity index (χ0n) is 40.9. The van der Waals surface area contributed by atoms with Gasteiger partial charge in [-0.1, -0.05) is 63.8 Å². The van der Waals surface area contributed by atoms with Gasteiger partial charge in [-0.25, -0.2) is 19.2 Å². The molecule has 0 atom stereocenters. The maximum Gasteiger partial charge on any atom is 0.524 e. The van der Waals surface area contributed by atoms with Gasteiger partial charge in [0.05, 0.1) is 35.1 Å². The van der Waals surface area contributed by atoms with E-state index >= 15 is 0 Å². The zero-order valence-corrected chi connectivity index (χ0v) is 40.9. The van der Waals surface area contributed by atoms with E-state index in [1.54, 1.807) is 30.3 Å². The predicted octanol–water partition coefficient (Wildman–Crippen LogP) is 8.86. The minimum absolute atomic E-state index is 0.0677. The Bertz CT molecular complexity index is 2830. The molecule has 0 amide bonds. The summed E-state index contributed by atoms with van der Waals surface area (Å²) in [6, 6.07) is 18.4. The van der Waals surface area contributed by atoms with Crippen molar-refractivity contribution in [2.24, 2.45) is 0 Å². The first-order chi connectivity index (χ1) is 32.9. The van der Waals surface area contributed by atoms with Crippen molar-refractivity contribution < 1.29 is 81.7 Å². The summed E-state index contributed by atoms with van der Waals surface area (Å²) < 4.78 is 34.4. The van der Waals surface area contributed by atoms with Crippen molar-refractivity contribution in [2.75, 3.05) is 0 Å². The Morgan fingerprint density at radius 1 is 0.577 bits per heavy atom. The highest BCUT2D eigenvalue weighted by Gasteiger charge is 2.42. The summed E-state index contributed by atoms with van der Waals surface area (Å²) in [4.78, 5) is 90.1. The maximum absolute atomic E-state index is 12.9. The molecule has 6 rings (SSSR count). The van der Waals surface area contributed by atoms with Crippen molar-refractivity contribution >= 4 is 48.1 Å². The van der Waals surface area contributed by atoms with Gasteiger partial charge < -0.3 is 43.4 Å². The number of fused-ring (bicyclic) bond motifs is 2. The van der Waals surface area contributed by atoms with Gasteiger partial charge in [-0.2, -0.15) is 0 Å². The van der Waals surface area contributed by atoms with Crippen LogP contribution in [0, 0.1) is 24.7 Å². The number of carboxylic acid groups (broad SMARTS) is 1. The fourth-order valence-corrected chi connectivity index (χ4v) is 8.21. The number of rotatable bonds is 7. The van der Waals surface area contributed by atoms with E-state index in [2.05, 4.69) is 58.5 Å². The van der Waals surface area contributed by atoms with Gasteiger partial charge in [0.15, 0.2) is 0 Å².